The molecule has 3 rings (SSSR count). The van der Waals surface area contributed by atoms with Gasteiger partial charge < -0.3 is 9.47 Å². The third-order valence-electron chi connectivity index (χ3n) is 4.40. The molecule has 1 aliphatic heterocycles. The minimum Gasteiger partial charge on any atom is -0.496 e. The predicted molar refractivity (Wildman–Crippen MR) is 90.2 cm³/mol. The van der Waals surface area contributed by atoms with Crippen LogP contribution in [0.5, 0.6) is 5.75 Å². The van der Waals surface area contributed by atoms with Crippen molar-refractivity contribution in [2.45, 2.75) is 32.0 Å². The summed E-state index contributed by atoms with van der Waals surface area (Å²) in [6.45, 7) is 2.25. The van der Waals surface area contributed by atoms with Gasteiger partial charge in [-0.05, 0) is 42.7 Å². The van der Waals surface area contributed by atoms with E-state index in [1.54, 1.807) is 12.4 Å². The molecule has 0 amide bonds. The van der Waals surface area contributed by atoms with Gasteiger partial charge in [0.1, 0.15) is 5.75 Å². The molecule has 0 N–H and O–H groups in total. The van der Waals surface area contributed by atoms with Crippen LogP contribution in [0.25, 0.3) is 0 Å². The molecular weight excluding hydrogens is 326 g/mol. The third kappa shape index (κ3) is 4.52. The number of nitrogens with zero attached hydrogens (tertiary/aromatic N) is 2. The Morgan fingerprint density at radius 2 is 2.00 bits per heavy atom. The Morgan fingerprint density at radius 1 is 1.20 bits per heavy atom. The summed E-state index contributed by atoms with van der Waals surface area (Å²) in [4.78, 5) is 6.08. The van der Waals surface area contributed by atoms with Crippen LogP contribution in [0.1, 0.15) is 24.0 Å². The Labute approximate surface area is 146 Å². The number of hydrogen-bond acceptors (Lipinski definition) is 4. The minimum absolute atomic E-state index is 0.115. The van der Waals surface area contributed by atoms with Gasteiger partial charge in [-0.1, -0.05) is 0 Å². The molecule has 1 aliphatic rings. The highest BCUT2D eigenvalue weighted by Gasteiger charge is 2.23. The van der Waals surface area contributed by atoms with E-state index in [9.17, 15) is 8.78 Å². The Bertz CT molecular complexity index is 691. The standard InChI is InChI=1S/C19H22F2N2O2/c1-24-18-5-4-17(20)19(21)16(18)13-23(12-15-3-2-10-25-15)11-14-6-8-22-9-7-14/h4-9,15H,2-3,10-13H2,1H3/t15-/m1/s1. The van der Waals surface area contributed by atoms with Crippen LogP contribution in [-0.2, 0) is 17.8 Å². The zero-order valence-corrected chi connectivity index (χ0v) is 14.3. The van der Waals surface area contributed by atoms with Gasteiger partial charge >= 0.3 is 0 Å². The van der Waals surface area contributed by atoms with E-state index in [0.29, 0.717) is 18.8 Å². The largest absolute Gasteiger partial charge is 0.496 e. The number of benzene rings is 1. The number of ether oxygens (including phenoxy) is 2. The third-order valence-corrected chi connectivity index (χ3v) is 4.40. The zero-order valence-electron chi connectivity index (χ0n) is 14.3. The summed E-state index contributed by atoms with van der Waals surface area (Å²) in [5.41, 5.74) is 1.29. The Hall–Kier alpha value is -2.05. The van der Waals surface area contributed by atoms with Gasteiger partial charge in [0.15, 0.2) is 11.6 Å². The minimum atomic E-state index is -0.864. The number of pyridine rings is 1. The molecule has 2 heterocycles. The van der Waals surface area contributed by atoms with Crippen LogP contribution in [0.3, 0.4) is 0 Å². The van der Waals surface area contributed by atoms with E-state index < -0.39 is 11.6 Å². The van der Waals surface area contributed by atoms with E-state index in [1.165, 1.54) is 13.2 Å². The van der Waals surface area contributed by atoms with E-state index in [0.717, 1.165) is 31.1 Å². The molecule has 25 heavy (non-hydrogen) atoms. The highest BCUT2D eigenvalue weighted by molar-refractivity contribution is 5.35. The summed E-state index contributed by atoms with van der Waals surface area (Å²) in [5, 5.41) is 0. The summed E-state index contributed by atoms with van der Waals surface area (Å²) in [7, 11) is 1.46. The van der Waals surface area contributed by atoms with Crippen LogP contribution in [0.15, 0.2) is 36.7 Å². The van der Waals surface area contributed by atoms with Crippen molar-refractivity contribution in [1.29, 1.82) is 0 Å². The van der Waals surface area contributed by atoms with Crippen molar-refractivity contribution in [2.75, 3.05) is 20.3 Å². The summed E-state index contributed by atoms with van der Waals surface area (Å²) >= 11 is 0. The van der Waals surface area contributed by atoms with Crippen molar-refractivity contribution < 1.29 is 18.3 Å². The number of hydrogen-bond donors (Lipinski definition) is 0. The molecule has 0 bridgehead atoms. The van der Waals surface area contributed by atoms with Crippen molar-refractivity contribution in [2.24, 2.45) is 0 Å². The maximum atomic E-state index is 14.3. The molecule has 134 valence electrons. The molecule has 1 fully saturated rings. The average Bonchev–Trinajstić information content (AvgIpc) is 3.13. The lowest BCUT2D eigenvalue weighted by molar-refractivity contribution is 0.0671. The summed E-state index contributed by atoms with van der Waals surface area (Å²) < 4.78 is 39.0. The van der Waals surface area contributed by atoms with Crippen LogP contribution in [0.4, 0.5) is 8.78 Å². The monoisotopic (exact) mass is 348 g/mol. The Balaban J connectivity index is 1.82. The van der Waals surface area contributed by atoms with Gasteiger partial charge in [-0.25, -0.2) is 8.78 Å². The molecule has 4 nitrogen and oxygen atoms in total. The second-order valence-electron chi connectivity index (χ2n) is 6.20. The number of aromatic nitrogens is 1. The van der Waals surface area contributed by atoms with Gasteiger partial charge in [-0.3, -0.25) is 9.88 Å². The van der Waals surface area contributed by atoms with Gasteiger partial charge in [-0.2, -0.15) is 0 Å². The predicted octanol–water partition coefficient (Wildman–Crippen LogP) is 3.55. The van der Waals surface area contributed by atoms with E-state index in [1.807, 2.05) is 12.1 Å². The second-order valence-corrected chi connectivity index (χ2v) is 6.20. The fraction of sp³-hybridized carbons (Fsp3) is 0.421. The van der Waals surface area contributed by atoms with E-state index in [4.69, 9.17) is 9.47 Å². The first-order valence-corrected chi connectivity index (χ1v) is 8.41. The number of halogens is 2. The first-order chi connectivity index (χ1) is 12.2. The second kappa shape index (κ2) is 8.36. The van der Waals surface area contributed by atoms with Gasteiger partial charge in [0, 0.05) is 44.2 Å². The SMILES string of the molecule is COc1ccc(F)c(F)c1CN(Cc1ccncc1)C[C@H]1CCCO1. The molecule has 6 heteroatoms. The van der Waals surface area contributed by atoms with Crippen molar-refractivity contribution in [3.63, 3.8) is 0 Å². The van der Waals surface area contributed by atoms with Gasteiger partial charge in [0.2, 0.25) is 0 Å². The van der Waals surface area contributed by atoms with Gasteiger partial charge in [-0.15, -0.1) is 0 Å². The van der Waals surface area contributed by atoms with E-state index in [2.05, 4.69) is 9.88 Å². The van der Waals surface area contributed by atoms with Crippen LogP contribution < -0.4 is 4.74 Å². The lowest BCUT2D eigenvalue weighted by Crippen LogP contribution is -2.32. The van der Waals surface area contributed by atoms with Crippen molar-refractivity contribution >= 4 is 0 Å². The lowest BCUT2D eigenvalue weighted by atomic mass is 10.1. The molecule has 0 unspecified atom stereocenters. The number of rotatable bonds is 7. The normalized spacial score (nSPS) is 17.2. The first kappa shape index (κ1) is 17.8. The van der Waals surface area contributed by atoms with E-state index in [-0.39, 0.29) is 18.2 Å². The molecule has 2 aromatic rings. The van der Waals surface area contributed by atoms with Crippen LogP contribution >= 0.6 is 0 Å². The van der Waals surface area contributed by atoms with Crippen molar-refractivity contribution in [3.8, 4) is 5.75 Å². The van der Waals surface area contributed by atoms with Gasteiger partial charge in [0.25, 0.3) is 0 Å². The van der Waals surface area contributed by atoms with Crippen LogP contribution in [0.2, 0.25) is 0 Å². The fourth-order valence-corrected chi connectivity index (χ4v) is 3.14. The van der Waals surface area contributed by atoms with Crippen LogP contribution in [0, 0.1) is 11.6 Å². The highest BCUT2D eigenvalue weighted by atomic mass is 19.2. The first-order valence-electron chi connectivity index (χ1n) is 8.41. The summed E-state index contributed by atoms with van der Waals surface area (Å²) in [6, 6.07) is 6.39. The molecular formula is C19H22F2N2O2. The molecule has 1 aromatic carbocycles. The molecule has 0 radical (unpaired) electrons. The summed E-state index contributed by atoms with van der Waals surface area (Å²) in [5.74, 6) is -1.37. The average molecular weight is 348 g/mol. The summed E-state index contributed by atoms with van der Waals surface area (Å²) in [6.07, 6.45) is 5.58. The molecule has 1 saturated heterocycles. The molecule has 0 aliphatic carbocycles. The fourth-order valence-electron chi connectivity index (χ4n) is 3.14. The van der Waals surface area contributed by atoms with Crippen molar-refractivity contribution in [1.82, 2.24) is 9.88 Å². The Kier molecular flexibility index (Phi) is 5.94. The molecule has 0 saturated carbocycles. The Morgan fingerprint density at radius 3 is 2.68 bits per heavy atom. The maximum absolute atomic E-state index is 14.3. The highest BCUT2D eigenvalue weighted by Crippen LogP contribution is 2.26. The van der Waals surface area contributed by atoms with Gasteiger partial charge in [0.05, 0.1) is 13.2 Å². The maximum Gasteiger partial charge on any atom is 0.167 e. The smallest absolute Gasteiger partial charge is 0.167 e. The molecule has 1 atom stereocenters. The van der Waals surface area contributed by atoms with E-state index >= 15 is 0 Å². The lowest BCUT2D eigenvalue weighted by Gasteiger charge is -2.26. The quantitative estimate of drug-likeness (QED) is 0.766. The molecule has 1 aromatic heterocycles. The zero-order chi connectivity index (χ0) is 17.6. The topological polar surface area (TPSA) is 34.6 Å². The van der Waals surface area contributed by atoms with Crippen LogP contribution in [-0.4, -0.2) is 36.2 Å². The van der Waals surface area contributed by atoms with Crippen molar-refractivity contribution in [3.05, 3.63) is 59.4 Å². The number of methoxy groups -OCH3 is 1. The molecule has 0 spiro atoms.